The number of para-hydroxylation sites is 2. The van der Waals surface area contributed by atoms with Crippen LogP contribution in [0.2, 0.25) is 0 Å². The van der Waals surface area contributed by atoms with Gasteiger partial charge in [-0.15, -0.1) is 0 Å². The van der Waals surface area contributed by atoms with Gasteiger partial charge in [-0.1, -0.05) is 24.3 Å². The standard InChI is InChI=1S/C16H18N2O4/c1-2-3-6-12(16(20)21)17-14(19)9-10-15-18-11-7-4-5-8-13(11)22-15/h2-5,7-8,12H,6,9-10H2,1H3,(H,17,19)(H,20,21)/b3-2+. The number of aromatic nitrogens is 1. The van der Waals surface area contributed by atoms with Crippen molar-refractivity contribution in [1.29, 1.82) is 0 Å². The molecule has 0 aliphatic heterocycles. The lowest BCUT2D eigenvalue weighted by Gasteiger charge is -2.12. The normalized spacial score (nSPS) is 12.6. The van der Waals surface area contributed by atoms with Crippen LogP contribution in [0.5, 0.6) is 0 Å². The highest BCUT2D eigenvalue weighted by molar-refractivity contribution is 5.83. The smallest absolute Gasteiger partial charge is 0.326 e. The van der Waals surface area contributed by atoms with Gasteiger partial charge in [-0.3, -0.25) is 4.79 Å². The molecule has 0 spiro atoms. The fourth-order valence-corrected chi connectivity index (χ4v) is 2.01. The van der Waals surface area contributed by atoms with Crippen LogP contribution in [-0.4, -0.2) is 28.0 Å². The number of nitrogens with zero attached hydrogens (tertiary/aromatic N) is 1. The van der Waals surface area contributed by atoms with Gasteiger partial charge in [-0.2, -0.15) is 0 Å². The molecule has 6 nitrogen and oxygen atoms in total. The number of oxazole rings is 1. The Kier molecular flexibility index (Phi) is 5.30. The molecule has 1 atom stereocenters. The molecule has 1 aromatic heterocycles. The van der Waals surface area contributed by atoms with Gasteiger partial charge in [0.25, 0.3) is 0 Å². The first-order valence-corrected chi connectivity index (χ1v) is 7.08. The summed E-state index contributed by atoms with van der Waals surface area (Å²) < 4.78 is 5.52. The number of carbonyl (C=O) groups is 2. The Morgan fingerprint density at radius 2 is 2.18 bits per heavy atom. The van der Waals surface area contributed by atoms with Crippen molar-refractivity contribution < 1.29 is 19.1 Å². The monoisotopic (exact) mass is 302 g/mol. The van der Waals surface area contributed by atoms with Crippen molar-refractivity contribution in [3.05, 3.63) is 42.3 Å². The summed E-state index contributed by atoms with van der Waals surface area (Å²) in [5.41, 5.74) is 1.42. The molecule has 116 valence electrons. The zero-order valence-electron chi connectivity index (χ0n) is 12.3. The Hall–Kier alpha value is -2.63. The summed E-state index contributed by atoms with van der Waals surface area (Å²) in [5, 5.41) is 11.5. The minimum Gasteiger partial charge on any atom is -0.480 e. The van der Waals surface area contributed by atoms with Gasteiger partial charge in [0, 0.05) is 12.8 Å². The summed E-state index contributed by atoms with van der Waals surface area (Å²) in [4.78, 5) is 27.2. The Labute approximate surface area is 127 Å². The second-order valence-electron chi connectivity index (χ2n) is 4.84. The van der Waals surface area contributed by atoms with Crippen LogP contribution < -0.4 is 5.32 Å². The van der Waals surface area contributed by atoms with Gasteiger partial charge in [-0.25, -0.2) is 9.78 Å². The fourth-order valence-electron chi connectivity index (χ4n) is 2.01. The van der Waals surface area contributed by atoms with Gasteiger partial charge < -0.3 is 14.8 Å². The number of fused-ring (bicyclic) bond motifs is 1. The number of carbonyl (C=O) groups excluding carboxylic acids is 1. The van der Waals surface area contributed by atoms with Crippen molar-refractivity contribution >= 4 is 23.0 Å². The molecule has 0 bridgehead atoms. The molecule has 6 heteroatoms. The van der Waals surface area contributed by atoms with Gasteiger partial charge in [-0.05, 0) is 25.5 Å². The number of nitrogens with one attached hydrogen (secondary N) is 1. The first-order valence-electron chi connectivity index (χ1n) is 7.08. The molecule has 0 saturated carbocycles. The van der Waals surface area contributed by atoms with Crippen molar-refractivity contribution in [2.75, 3.05) is 0 Å². The van der Waals surface area contributed by atoms with E-state index in [1.54, 1.807) is 19.1 Å². The minimum atomic E-state index is -1.05. The number of carboxylic acid groups (broad SMARTS) is 1. The predicted molar refractivity (Wildman–Crippen MR) is 81.3 cm³/mol. The average molecular weight is 302 g/mol. The molecule has 1 heterocycles. The minimum absolute atomic E-state index is 0.131. The van der Waals surface area contributed by atoms with E-state index in [1.165, 1.54) is 0 Å². The zero-order valence-corrected chi connectivity index (χ0v) is 12.3. The highest BCUT2D eigenvalue weighted by Crippen LogP contribution is 2.15. The van der Waals surface area contributed by atoms with Crippen LogP contribution in [0.15, 0.2) is 40.8 Å². The molecule has 0 fully saturated rings. The highest BCUT2D eigenvalue weighted by Gasteiger charge is 2.18. The molecule has 0 aliphatic rings. The van der Waals surface area contributed by atoms with E-state index in [0.717, 1.165) is 5.52 Å². The maximum atomic E-state index is 11.8. The number of benzene rings is 1. The number of amides is 1. The molecular weight excluding hydrogens is 284 g/mol. The van der Waals surface area contributed by atoms with Gasteiger partial charge >= 0.3 is 5.97 Å². The lowest BCUT2D eigenvalue weighted by Crippen LogP contribution is -2.40. The molecule has 0 radical (unpaired) electrons. The van der Waals surface area contributed by atoms with Crippen molar-refractivity contribution in [2.45, 2.75) is 32.2 Å². The predicted octanol–water partition coefficient (Wildman–Crippen LogP) is 2.30. The summed E-state index contributed by atoms with van der Waals surface area (Å²) in [7, 11) is 0. The molecule has 2 aromatic rings. The second kappa shape index (κ2) is 7.40. The lowest BCUT2D eigenvalue weighted by molar-refractivity contribution is -0.141. The summed E-state index contributed by atoms with van der Waals surface area (Å²) in [6, 6.07) is 6.44. The van der Waals surface area contributed by atoms with Crippen molar-refractivity contribution in [2.24, 2.45) is 0 Å². The Morgan fingerprint density at radius 3 is 2.86 bits per heavy atom. The summed E-state index contributed by atoms with van der Waals surface area (Å²) in [6.07, 6.45) is 4.18. The second-order valence-corrected chi connectivity index (χ2v) is 4.84. The zero-order chi connectivity index (χ0) is 15.9. The summed E-state index contributed by atoms with van der Waals surface area (Å²) in [5.74, 6) is -0.913. The van der Waals surface area contributed by atoms with Crippen LogP contribution in [0.3, 0.4) is 0 Å². The number of carboxylic acids is 1. The number of aryl methyl sites for hydroxylation is 1. The molecule has 2 N–H and O–H groups in total. The summed E-state index contributed by atoms with van der Waals surface area (Å²) in [6.45, 7) is 1.80. The number of hydrogen-bond acceptors (Lipinski definition) is 4. The molecule has 0 aliphatic carbocycles. The van der Waals surface area contributed by atoms with Crippen molar-refractivity contribution in [3.63, 3.8) is 0 Å². The maximum Gasteiger partial charge on any atom is 0.326 e. The van der Waals surface area contributed by atoms with E-state index in [9.17, 15) is 9.59 Å². The quantitative estimate of drug-likeness (QED) is 0.766. The highest BCUT2D eigenvalue weighted by atomic mass is 16.4. The van der Waals surface area contributed by atoms with Crippen LogP contribution >= 0.6 is 0 Å². The van der Waals surface area contributed by atoms with E-state index in [4.69, 9.17) is 9.52 Å². The van der Waals surface area contributed by atoms with E-state index in [-0.39, 0.29) is 18.7 Å². The number of hydrogen-bond donors (Lipinski definition) is 2. The lowest BCUT2D eigenvalue weighted by atomic mass is 10.2. The molecule has 22 heavy (non-hydrogen) atoms. The van der Waals surface area contributed by atoms with Crippen LogP contribution in [0.4, 0.5) is 0 Å². The number of rotatable bonds is 7. The average Bonchev–Trinajstić information content (AvgIpc) is 2.92. The van der Waals surface area contributed by atoms with Crippen LogP contribution in [0.25, 0.3) is 11.1 Å². The topological polar surface area (TPSA) is 92.4 Å². The largest absolute Gasteiger partial charge is 0.480 e. The molecule has 1 unspecified atom stereocenters. The Balaban J connectivity index is 1.89. The molecule has 2 rings (SSSR count). The summed E-state index contributed by atoms with van der Waals surface area (Å²) >= 11 is 0. The third-order valence-corrected chi connectivity index (χ3v) is 3.14. The Bertz CT molecular complexity index is 657. The molecule has 0 saturated heterocycles. The first-order chi connectivity index (χ1) is 10.6. The number of aliphatic carboxylic acids is 1. The third-order valence-electron chi connectivity index (χ3n) is 3.14. The van der Waals surface area contributed by atoms with E-state index >= 15 is 0 Å². The van der Waals surface area contributed by atoms with Crippen molar-refractivity contribution in [3.8, 4) is 0 Å². The van der Waals surface area contributed by atoms with Crippen LogP contribution in [-0.2, 0) is 16.0 Å². The fraction of sp³-hybridized carbons (Fsp3) is 0.312. The first kappa shape index (κ1) is 15.8. The van der Waals surface area contributed by atoms with Crippen LogP contribution in [0, 0.1) is 0 Å². The van der Waals surface area contributed by atoms with Gasteiger partial charge in [0.2, 0.25) is 5.91 Å². The van der Waals surface area contributed by atoms with E-state index in [2.05, 4.69) is 10.3 Å². The van der Waals surface area contributed by atoms with Crippen molar-refractivity contribution in [1.82, 2.24) is 10.3 Å². The van der Waals surface area contributed by atoms with Gasteiger partial charge in [0.1, 0.15) is 11.6 Å². The molecular formula is C16H18N2O4. The third kappa shape index (κ3) is 4.18. The molecule has 1 aromatic carbocycles. The van der Waals surface area contributed by atoms with Gasteiger partial charge in [0.15, 0.2) is 11.5 Å². The maximum absolute atomic E-state index is 11.8. The number of allylic oxidation sites excluding steroid dienone is 1. The molecule has 1 amide bonds. The van der Waals surface area contributed by atoms with Gasteiger partial charge in [0.05, 0.1) is 0 Å². The SMILES string of the molecule is C/C=C/CC(NC(=O)CCc1nc2ccccc2o1)C(=O)O. The Morgan fingerprint density at radius 1 is 1.41 bits per heavy atom. The van der Waals surface area contributed by atoms with E-state index < -0.39 is 12.0 Å². The van der Waals surface area contributed by atoms with Crippen LogP contribution in [0.1, 0.15) is 25.7 Å². The van der Waals surface area contributed by atoms with E-state index in [1.807, 2.05) is 24.3 Å². The van der Waals surface area contributed by atoms with E-state index in [0.29, 0.717) is 17.9 Å².